The molecule has 0 atom stereocenters. The van der Waals surface area contributed by atoms with Crippen LogP contribution in [0.25, 0.3) is 0 Å². The molecule has 0 unspecified atom stereocenters. The molecule has 0 spiro atoms. The average molecular weight is 201 g/mol. The van der Waals surface area contributed by atoms with Gasteiger partial charge in [-0.3, -0.25) is 0 Å². The van der Waals surface area contributed by atoms with Crippen LogP contribution in [0.3, 0.4) is 0 Å². The van der Waals surface area contributed by atoms with Crippen LogP contribution in [0.5, 0.6) is 0 Å². The van der Waals surface area contributed by atoms with Gasteiger partial charge in [-0.2, -0.15) is 0 Å². The Balaban J connectivity index is 2.51. The second-order valence-corrected chi connectivity index (χ2v) is 4.78. The molecule has 3 nitrogen and oxygen atoms in total. The first-order chi connectivity index (χ1) is 6.59. The van der Waals surface area contributed by atoms with E-state index in [9.17, 15) is 5.11 Å². The third-order valence-electron chi connectivity index (χ3n) is 3.36. The van der Waals surface area contributed by atoms with Crippen molar-refractivity contribution in [1.29, 1.82) is 0 Å². The smallest absolute Gasteiger partial charge is 0.0501 e. The van der Waals surface area contributed by atoms with Gasteiger partial charge in [-0.05, 0) is 33.7 Å². The van der Waals surface area contributed by atoms with Crippen molar-refractivity contribution in [2.45, 2.75) is 32.7 Å². The van der Waals surface area contributed by atoms with Crippen LogP contribution in [0.2, 0.25) is 0 Å². The molecule has 0 amide bonds. The zero-order valence-corrected chi connectivity index (χ0v) is 9.62. The molecule has 14 heavy (non-hydrogen) atoms. The monoisotopic (exact) mass is 201 g/mol. The molecule has 1 saturated heterocycles. The van der Waals surface area contributed by atoms with Crippen LogP contribution in [0.4, 0.5) is 0 Å². The average Bonchev–Trinajstić information content (AvgIpc) is 2.19. The van der Waals surface area contributed by atoms with Gasteiger partial charge in [0.25, 0.3) is 0 Å². The summed E-state index contributed by atoms with van der Waals surface area (Å²) in [5.74, 6) is 0. The lowest BCUT2D eigenvalue weighted by molar-refractivity contribution is -0.0344. The quantitative estimate of drug-likeness (QED) is 0.739. The van der Waals surface area contributed by atoms with Gasteiger partial charge < -0.3 is 14.7 Å². The second-order valence-electron chi connectivity index (χ2n) is 4.78. The van der Waals surface area contributed by atoms with E-state index in [-0.39, 0.29) is 12.0 Å². The molecule has 0 aliphatic carbocycles. The van der Waals surface area contributed by atoms with Gasteiger partial charge in [-0.1, -0.05) is 0 Å². The number of hydrogen-bond donors (Lipinski definition) is 1. The summed E-state index contributed by atoms with van der Waals surface area (Å²) in [6.07, 6.45) is 1.97. The molecular formula is C11H23NO2. The number of rotatable bonds is 4. The van der Waals surface area contributed by atoms with Crippen molar-refractivity contribution in [2.24, 2.45) is 5.41 Å². The largest absolute Gasteiger partial charge is 0.396 e. The van der Waals surface area contributed by atoms with Crippen LogP contribution in [0, 0.1) is 5.41 Å². The number of nitrogens with zero attached hydrogens (tertiary/aromatic N) is 1. The summed E-state index contributed by atoms with van der Waals surface area (Å²) >= 11 is 0. The van der Waals surface area contributed by atoms with E-state index in [0.29, 0.717) is 6.04 Å². The van der Waals surface area contributed by atoms with Crippen molar-refractivity contribution < 1.29 is 9.84 Å². The Bertz CT molecular complexity index is 165. The summed E-state index contributed by atoms with van der Waals surface area (Å²) in [7, 11) is 2.12. The fourth-order valence-electron chi connectivity index (χ4n) is 1.88. The van der Waals surface area contributed by atoms with Gasteiger partial charge in [0.05, 0.1) is 6.61 Å². The SMILES string of the molecule is CC(C)N(C)CC1(CO)CCOCC1. The predicted molar refractivity (Wildman–Crippen MR) is 57.3 cm³/mol. The lowest BCUT2D eigenvalue weighted by atomic mass is 9.80. The maximum Gasteiger partial charge on any atom is 0.0501 e. The van der Waals surface area contributed by atoms with Crippen LogP contribution < -0.4 is 0 Å². The minimum atomic E-state index is 0.0806. The van der Waals surface area contributed by atoms with Gasteiger partial charge in [0.1, 0.15) is 0 Å². The Morgan fingerprint density at radius 2 is 1.93 bits per heavy atom. The number of aliphatic hydroxyl groups is 1. The molecule has 0 aromatic rings. The van der Waals surface area contributed by atoms with Crippen LogP contribution in [-0.4, -0.2) is 49.5 Å². The Labute approximate surface area is 87.1 Å². The third kappa shape index (κ3) is 2.94. The summed E-state index contributed by atoms with van der Waals surface area (Å²) in [5.41, 5.74) is 0.0806. The Kier molecular flexibility index (Phi) is 4.35. The second kappa shape index (κ2) is 5.10. The van der Waals surface area contributed by atoms with Crippen LogP contribution in [-0.2, 0) is 4.74 Å². The van der Waals surface area contributed by atoms with Crippen molar-refractivity contribution in [1.82, 2.24) is 4.90 Å². The minimum Gasteiger partial charge on any atom is -0.396 e. The number of hydrogen-bond acceptors (Lipinski definition) is 3. The summed E-state index contributed by atoms with van der Waals surface area (Å²) in [6, 6.07) is 0.543. The molecule has 1 aliphatic heterocycles. The van der Waals surface area contributed by atoms with Gasteiger partial charge >= 0.3 is 0 Å². The highest BCUT2D eigenvalue weighted by atomic mass is 16.5. The molecule has 1 N–H and O–H groups in total. The van der Waals surface area contributed by atoms with E-state index in [0.717, 1.165) is 32.6 Å². The fourth-order valence-corrected chi connectivity index (χ4v) is 1.88. The molecule has 1 rings (SSSR count). The van der Waals surface area contributed by atoms with Crippen molar-refractivity contribution in [3.8, 4) is 0 Å². The molecule has 0 aromatic carbocycles. The molecule has 1 heterocycles. The predicted octanol–water partition coefficient (Wildman–Crippen LogP) is 1.12. The van der Waals surface area contributed by atoms with Gasteiger partial charge in [0.15, 0.2) is 0 Å². The highest BCUT2D eigenvalue weighted by molar-refractivity contribution is 4.84. The lowest BCUT2D eigenvalue weighted by Gasteiger charge is -2.39. The first kappa shape index (κ1) is 12.0. The Morgan fingerprint density at radius 1 is 1.36 bits per heavy atom. The topological polar surface area (TPSA) is 32.7 Å². The first-order valence-corrected chi connectivity index (χ1v) is 5.48. The minimum absolute atomic E-state index is 0.0806. The van der Waals surface area contributed by atoms with Crippen molar-refractivity contribution in [2.75, 3.05) is 33.4 Å². The first-order valence-electron chi connectivity index (χ1n) is 5.48. The van der Waals surface area contributed by atoms with Gasteiger partial charge in [0, 0.05) is 31.2 Å². The normalized spacial score (nSPS) is 21.9. The van der Waals surface area contributed by atoms with Crippen molar-refractivity contribution >= 4 is 0 Å². The van der Waals surface area contributed by atoms with Crippen LogP contribution in [0.1, 0.15) is 26.7 Å². The molecule has 84 valence electrons. The maximum atomic E-state index is 9.49. The third-order valence-corrected chi connectivity index (χ3v) is 3.36. The molecule has 3 heteroatoms. The molecule has 0 radical (unpaired) electrons. The van der Waals surface area contributed by atoms with Crippen molar-refractivity contribution in [3.05, 3.63) is 0 Å². The number of ether oxygens (including phenoxy) is 1. The maximum absolute atomic E-state index is 9.49. The lowest BCUT2D eigenvalue weighted by Crippen LogP contribution is -2.44. The highest BCUT2D eigenvalue weighted by Gasteiger charge is 2.33. The zero-order valence-electron chi connectivity index (χ0n) is 9.62. The van der Waals surface area contributed by atoms with Gasteiger partial charge in [0.2, 0.25) is 0 Å². The molecule has 0 aromatic heterocycles. The van der Waals surface area contributed by atoms with E-state index in [2.05, 4.69) is 25.8 Å². The van der Waals surface area contributed by atoms with E-state index < -0.39 is 0 Å². The molecule has 1 fully saturated rings. The fraction of sp³-hybridized carbons (Fsp3) is 1.00. The molecule has 0 bridgehead atoms. The van der Waals surface area contributed by atoms with Crippen LogP contribution in [0.15, 0.2) is 0 Å². The highest BCUT2D eigenvalue weighted by Crippen LogP contribution is 2.30. The van der Waals surface area contributed by atoms with E-state index in [4.69, 9.17) is 4.74 Å². The Hall–Kier alpha value is -0.120. The summed E-state index contributed by atoms with van der Waals surface area (Å²) in [6.45, 7) is 7.23. The summed E-state index contributed by atoms with van der Waals surface area (Å²) in [4.78, 5) is 2.31. The van der Waals surface area contributed by atoms with Crippen molar-refractivity contribution in [3.63, 3.8) is 0 Å². The standard InChI is InChI=1S/C11H23NO2/c1-10(2)12(3)8-11(9-13)4-6-14-7-5-11/h10,13H,4-9H2,1-3H3. The Morgan fingerprint density at radius 3 is 2.36 bits per heavy atom. The van der Waals surface area contributed by atoms with Crippen LogP contribution >= 0.6 is 0 Å². The van der Waals surface area contributed by atoms with Gasteiger partial charge in [-0.25, -0.2) is 0 Å². The van der Waals surface area contributed by atoms with E-state index in [1.165, 1.54) is 0 Å². The molecule has 1 aliphatic rings. The van der Waals surface area contributed by atoms with E-state index in [1.54, 1.807) is 0 Å². The number of aliphatic hydroxyl groups excluding tert-OH is 1. The summed E-state index contributed by atoms with van der Waals surface area (Å²) < 4.78 is 5.34. The molecule has 0 saturated carbocycles. The summed E-state index contributed by atoms with van der Waals surface area (Å²) in [5, 5.41) is 9.49. The van der Waals surface area contributed by atoms with E-state index >= 15 is 0 Å². The zero-order chi connectivity index (χ0) is 10.6. The molecular weight excluding hydrogens is 178 g/mol. The van der Waals surface area contributed by atoms with E-state index in [1.807, 2.05) is 0 Å². The van der Waals surface area contributed by atoms with Gasteiger partial charge in [-0.15, -0.1) is 0 Å².